The highest BCUT2D eigenvalue weighted by Gasteiger charge is 1.91. The molecule has 6 heteroatoms. The Morgan fingerprint density at radius 2 is 2.12 bits per heavy atom. The number of hydrogen-bond acceptors (Lipinski definition) is 4. The van der Waals surface area contributed by atoms with Crippen molar-refractivity contribution in [1.29, 1.82) is 0 Å². The highest BCUT2D eigenvalue weighted by molar-refractivity contribution is 7.17. The minimum Gasteiger partial charge on any atom is -0.366 e. The minimum atomic E-state index is -1.50. The molecule has 0 spiro atoms. The molecule has 0 aliphatic carbocycles. The predicted molar refractivity (Wildman–Crippen MR) is 30.3 cm³/mol. The van der Waals surface area contributed by atoms with Crippen molar-refractivity contribution in [3.05, 3.63) is 0 Å². The van der Waals surface area contributed by atoms with Gasteiger partial charge in [0.15, 0.2) is 15.0 Å². The fourth-order valence-corrected chi connectivity index (χ4v) is 0.376. The topological polar surface area (TPSA) is 66.8 Å². The molecule has 8 heavy (non-hydrogen) atoms. The van der Waals surface area contributed by atoms with Crippen molar-refractivity contribution in [2.24, 2.45) is 0 Å². The van der Waals surface area contributed by atoms with Gasteiger partial charge in [-0.15, -0.1) is 0 Å². The van der Waals surface area contributed by atoms with Crippen molar-refractivity contribution in [1.82, 2.24) is 0 Å². The maximum absolute atomic E-state index is 9.47. The van der Waals surface area contributed by atoms with Gasteiger partial charge in [-0.3, -0.25) is 4.57 Å². The van der Waals surface area contributed by atoms with Gasteiger partial charge in [-0.2, -0.15) is 0 Å². The number of aliphatic hydroxyl groups is 2. The largest absolute Gasteiger partial charge is 0.366 e. The Morgan fingerprint density at radius 1 is 1.62 bits per heavy atom. The first-order valence-electron chi connectivity index (χ1n) is 1.68. The SMILES string of the molecule is O=[PH2]OCC(O)O.[Al]. The fourth-order valence-electron chi connectivity index (χ4n) is 0.125. The van der Waals surface area contributed by atoms with Crippen molar-refractivity contribution in [3.63, 3.8) is 0 Å². The third kappa shape index (κ3) is 9.81. The van der Waals surface area contributed by atoms with Crippen molar-refractivity contribution >= 4 is 26.0 Å². The van der Waals surface area contributed by atoms with Gasteiger partial charge in [-0.25, -0.2) is 0 Å². The molecular formula is C2H7AlO4P. The molecule has 0 saturated carbocycles. The van der Waals surface area contributed by atoms with Crippen molar-refractivity contribution in [2.75, 3.05) is 6.61 Å². The second-order valence-electron chi connectivity index (χ2n) is 0.910. The lowest BCUT2D eigenvalue weighted by molar-refractivity contribution is -0.0657. The van der Waals surface area contributed by atoms with Gasteiger partial charge < -0.3 is 14.7 Å². The standard InChI is InChI=1S/C2H7O4P.Al/c3-2(4)1-6-7-5;/h2-4H,1,7H2;. The summed E-state index contributed by atoms with van der Waals surface area (Å²) in [5, 5.41) is 16.0. The average molecular weight is 153 g/mol. The Morgan fingerprint density at radius 3 is 2.25 bits per heavy atom. The molecule has 0 fully saturated rings. The van der Waals surface area contributed by atoms with E-state index in [1.165, 1.54) is 0 Å². The quantitative estimate of drug-likeness (QED) is 0.297. The summed E-state index contributed by atoms with van der Waals surface area (Å²) in [7, 11) is -1.31. The predicted octanol–water partition coefficient (Wildman–Crippen LogP) is -1.40. The monoisotopic (exact) mass is 153 g/mol. The molecule has 1 unspecified atom stereocenters. The smallest absolute Gasteiger partial charge is 0.180 e. The lowest BCUT2D eigenvalue weighted by Gasteiger charge is -1.96. The van der Waals surface area contributed by atoms with Crippen LogP contribution >= 0.6 is 8.69 Å². The van der Waals surface area contributed by atoms with Crippen LogP contribution in [0.2, 0.25) is 0 Å². The summed E-state index contributed by atoms with van der Waals surface area (Å²) in [6, 6.07) is 0. The van der Waals surface area contributed by atoms with Crippen LogP contribution in [0.4, 0.5) is 0 Å². The second-order valence-corrected chi connectivity index (χ2v) is 1.44. The molecule has 0 heterocycles. The van der Waals surface area contributed by atoms with Gasteiger partial charge in [0.1, 0.15) is 6.61 Å². The Bertz CT molecular complexity index is 58.0. The van der Waals surface area contributed by atoms with E-state index in [1.54, 1.807) is 0 Å². The van der Waals surface area contributed by atoms with Crippen LogP contribution in [0.25, 0.3) is 0 Å². The molecule has 0 aliphatic heterocycles. The zero-order valence-corrected chi connectivity index (χ0v) is 6.46. The lowest BCUT2D eigenvalue weighted by Crippen LogP contribution is -2.09. The van der Waals surface area contributed by atoms with Crippen LogP contribution in [0.15, 0.2) is 0 Å². The first-order valence-corrected chi connectivity index (χ1v) is 2.63. The summed E-state index contributed by atoms with van der Waals surface area (Å²) in [6.45, 7) is -0.265. The van der Waals surface area contributed by atoms with E-state index in [0.717, 1.165) is 0 Å². The Kier molecular flexibility index (Phi) is 10.9. The zero-order chi connectivity index (χ0) is 5.70. The van der Waals surface area contributed by atoms with Gasteiger partial charge in [-0.05, 0) is 0 Å². The van der Waals surface area contributed by atoms with Gasteiger partial charge in [0.25, 0.3) is 0 Å². The number of aliphatic hydroxyl groups excluding tert-OH is 1. The van der Waals surface area contributed by atoms with E-state index in [2.05, 4.69) is 4.52 Å². The summed E-state index contributed by atoms with van der Waals surface area (Å²) >= 11 is 0. The molecule has 0 aromatic carbocycles. The first kappa shape index (κ1) is 11.4. The van der Waals surface area contributed by atoms with Crippen molar-refractivity contribution in [3.8, 4) is 0 Å². The van der Waals surface area contributed by atoms with E-state index in [0.29, 0.717) is 0 Å². The highest BCUT2D eigenvalue weighted by atomic mass is 31.1. The van der Waals surface area contributed by atoms with E-state index >= 15 is 0 Å². The molecule has 0 bridgehead atoms. The molecule has 0 aromatic heterocycles. The zero-order valence-electron chi connectivity index (χ0n) is 4.15. The molecule has 0 amide bonds. The van der Waals surface area contributed by atoms with Crippen molar-refractivity contribution < 1.29 is 19.3 Å². The molecule has 0 saturated heterocycles. The molecular weight excluding hydrogens is 146 g/mol. The highest BCUT2D eigenvalue weighted by Crippen LogP contribution is 1.92. The third-order valence-electron chi connectivity index (χ3n) is 0.313. The van der Waals surface area contributed by atoms with Crippen LogP contribution in [0.3, 0.4) is 0 Å². The summed E-state index contributed by atoms with van der Waals surface area (Å²) < 4.78 is 13.6. The number of rotatable bonds is 3. The van der Waals surface area contributed by atoms with Crippen LogP contribution in [-0.2, 0) is 9.09 Å². The van der Waals surface area contributed by atoms with E-state index in [1.807, 2.05) is 0 Å². The molecule has 4 nitrogen and oxygen atoms in total. The van der Waals surface area contributed by atoms with Crippen LogP contribution in [0.1, 0.15) is 0 Å². The van der Waals surface area contributed by atoms with E-state index in [9.17, 15) is 4.57 Å². The Hall–Kier alpha value is 0.642. The van der Waals surface area contributed by atoms with Gasteiger partial charge in [0.05, 0.1) is 0 Å². The summed E-state index contributed by atoms with van der Waals surface area (Å²) in [5.41, 5.74) is 0. The van der Waals surface area contributed by atoms with E-state index < -0.39 is 15.0 Å². The van der Waals surface area contributed by atoms with Crippen LogP contribution < -0.4 is 0 Å². The molecule has 47 valence electrons. The van der Waals surface area contributed by atoms with Crippen LogP contribution in [0.5, 0.6) is 0 Å². The molecule has 0 aromatic rings. The number of hydrogen-bond donors (Lipinski definition) is 2. The summed E-state index contributed by atoms with van der Waals surface area (Å²) in [4.78, 5) is 0. The third-order valence-corrected chi connectivity index (χ3v) is 0.642. The molecule has 1 atom stereocenters. The summed E-state index contributed by atoms with van der Waals surface area (Å²) in [5.74, 6) is 0. The van der Waals surface area contributed by atoms with Gasteiger partial charge in [0, 0.05) is 17.4 Å². The Labute approximate surface area is 58.9 Å². The lowest BCUT2D eigenvalue weighted by atomic mass is 10.7. The Balaban J connectivity index is 0. The van der Waals surface area contributed by atoms with E-state index in [-0.39, 0.29) is 24.0 Å². The van der Waals surface area contributed by atoms with Gasteiger partial charge >= 0.3 is 0 Å². The molecule has 3 radical (unpaired) electrons. The second kappa shape index (κ2) is 7.64. The molecule has 0 aliphatic rings. The fraction of sp³-hybridized carbons (Fsp3) is 1.00. The minimum absolute atomic E-state index is 0. The molecule has 0 rings (SSSR count). The maximum atomic E-state index is 9.47. The average Bonchev–Trinajstić information content (AvgIpc) is 1.61. The van der Waals surface area contributed by atoms with Gasteiger partial charge in [0.2, 0.25) is 0 Å². The van der Waals surface area contributed by atoms with Crippen LogP contribution in [0, 0.1) is 0 Å². The van der Waals surface area contributed by atoms with Crippen molar-refractivity contribution in [2.45, 2.75) is 6.29 Å². The molecule has 2 N–H and O–H groups in total. The van der Waals surface area contributed by atoms with Gasteiger partial charge in [-0.1, -0.05) is 0 Å². The normalized spacial score (nSPS) is 10.4. The maximum Gasteiger partial charge on any atom is 0.180 e. The first-order chi connectivity index (χ1) is 3.27. The van der Waals surface area contributed by atoms with E-state index in [4.69, 9.17) is 10.2 Å². The van der Waals surface area contributed by atoms with Crippen LogP contribution in [-0.4, -0.2) is 40.5 Å². The summed E-state index contributed by atoms with van der Waals surface area (Å²) in [6.07, 6.45) is -1.50.